The predicted molar refractivity (Wildman–Crippen MR) is 192 cm³/mol. The minimum Gasteiger partial charge on any atom is -0.368 e. The van der Waals surface area contributed by atoms with E-state index < -0.39 is 112 Å². The van der Waals surface area contributed by atoms with Crippen LogP contribution in [0.2, 0.25) is 0 Å². The van der Waals surface area contributed by atoms with Gasteiger partial charge in [0.05, 0.1) is 0 Å². The highest BCUT2D eigenvalue weighted by molar-refractivity contribution is 14.1. The van der Waals surface area contributed by atoms with Gasteiger partial charge in [0.25, 0.3) is 5.91 Å². The second-order valence-electron chi connectivity index (χ2n) is 11.8. The Morgan fingerprint density at radius 1 is 0.764 bits per heavy atom. The maximum absolute atomic E-state index is 14.5. The monoisotopic (exact) mass is 1060 g/mol. The van der Waals surface area contributed by atoms with Crippen molar-refractivity contribution in [3.8, 4) is 0 Å². The van der Waals surface area contributed by atoms with E-state index in [0.29, 0.717) is 12.1 Å². The Balaban J connectivity index is 1.68. The van der Waals surface area contributed by atoms with Gasteiger partial charge in [-0.15, -0.1) is 10.2 Å². The van der Waals surface area contributed by atoms with E-state index in [1.54, 1.807) is 22.6 Å². The Bertz CT molecular complexity index is 2180. The summed E-state index contributed by atoms with van der Waals surface area (Å²) in [5.74, 6) is -3.54. The molecule has 1 aliphatic heterocycles. The first-order chi connectivity index (χ1) is 25.0. The third-order valence-electron chi connectivity index (χ3n) is 7.87. The Morgan fingerprint density at radius 2 is 1.22 bits per heavy atom. The molecule has 8 N–H and O–H groups in total. The fourth-order valence-electron chi connectivity index (χ4n) is 4.95. The molecule has 0 fully saturated rings. The molecule has 1 aliphatic rings. The van der Waals surface area contributed by atoms with Crippen molar-refractivity contribution in [1.29, 1.82) is 0 Å². The first kappa shape index (κ1) is 44.9. The maximum Gasteiger partial charge on any atom is 0.442 e. The van der Waals surface area contributed by atoms with Crippen LogP contribution in [0.5, 0.6) is 0 Å². The molecule has 1 heterocycles. The lowest BCUT2D eigenvalue weighted by Gasteiger charge is -2.24. The molecule has 3 aromatic carbocycles. The first-order valence-electron chi connectivity index (χ1n) is 14.7. The Hall–Kier alpha value is -2.83. The SMILES string of the molecule is NC(=O)[C@H](Cc1ccc(C(F)(F)P(=O)(O)O)c(Br)c1)NC(=O)[C@H](Cc1ccc(C(F)(F)P(=O)(O)O)c(Br)c1)NC(=O)c1cc([125I])cc(C2(C(F)(F)F)N=N2)c1. The molecule has 0 saturated carbocycles. The van der Waals surface area contributed by atoms with Gasteiger partial charge in [-0.2, -0.15) is 30.7 Å². The topological polar surface area (TPSA) is 241 Å². The molecule has 0 aromatic heterocycles. The molecule has 0 spiro atoms. The lowest BCUT2D eigenvalue weighted by atomic mass is 9.99. The number of rotatable bonds is 14. The van der Waals surface area contributed by atoms with Crippen molar-refractivity contribution in [2.45, 2.75) is 48.1 Å². The minimum atomic E-state index is -6.02. The predicted octanol–water partition coefficient (Wildman–Crippen LogP) is 6.01. The maximum atomic E-state index is 14.5. The van der Waals surface area contributed by atoms with E-state index in [2.05, 4.69) is 52.7 Å². The molecule has 0 bridgehead atoms. The zero-order chi connectivity index (χ0) is 41.7. The van der Waals surface area contributed by atoms with E-state index in [1.165, 1.54) is 0 Å². The van der Waals surface area contributed by atoms with Gasteiger partial charge in [0.1, 0.15) is 12.1 Å². The van der Waals surface area contributed by atoms with Gasteiger partial charge in [0.15, 0.2) is 0 Å². The van der Waals surface area contributed by atoms with Crippen LogP contribution in [0.3, 0.4) is 0 Å². The van der Waals surface area contributed by atoms with Crippen LogP contribution >= 0.6 is 69.6 Å². The third kappa shape index (κ3) is 9.66. The van der Waals surface area contributed by atoms with Gasteiger partial charge in [-0.25, -0.2) is 0 Å². The number of primary amides is 1. The Kier molecular flexibility index (Phi) is 12.9. The summed E-state index contributed by atoms with van der Waals surface area (Å²) in [6, 6.07) is 4.67. The van der Waals surface area contributed by atoms with E-state index in [9.17, 15) is 54.2 Å². The molecular formula is C29H23Br2F7IN5O9P2. The van der Waals surface area contributed by atoms with E-state index in [-0.39, 0.29) is 14.7 Å². The number of hydrogen-bond acceptors (Lipinski definition) is 7. The van der Waals surface area contributed by atoms with E-state index in [0.717, 1.165) is 42.5 Å². The number of carbonyl (C=O) groups is 3. The average molecular weight is 1070 g/mol. The summed E-state index contributed by atoms with van der Waals surface area (Å²) >= 11 is 7.21. The van der Waals surface area contributed by atoms with Crippen LogP contribution in [0.4, 0.5) is 30.7 Å². The first-order valence-corrected chi connectivity index (χ1v) is 20.6. The quantitative estimate of drug-likeness (QED) is 0.0568. The zero-order valence-electron chi connectivity index (χ0n) is 26.7. The summed E-state index contributed by atoms with van der Waals surface area (Å²) in [7, 11) is -12.0. The number of carbonyl (C=O) groups excluding carboxylic acids is 3. The van der Waals surface area contributed by atoms with Crippen molar-refractivity contribution in [3.63, 3.8) is 0 Å². The van der Waals surface area contributed by atoms with Crippen LogP contribution in [0, 0.1) is 3.57 Å². The Morgan fingerprint density at radius 3 is 1.60 bits per heavy atom. The second-order valence-corrected chi connectivity index (χ2v) is 18.0. The Labute approximate surface area is 334 Å². The number of hydrogen-bond donors (Lipinski definition) is 7. The molecule has 0 saturated heterocycles. The smallest absolute Gasteiger partial charge is 0.368 e. The number of benzene rings is 3. The lowest BCUT2D eigenvalue weighted by Crippen LogP contribution is -2.54. The molecule has 4 rings (SSSR count). The third-order valence-corrected chi connectivity index (χ3v) is 11.7. The summed E-state index contributed by atoms with van der Waals surface area (Å²) in [6.07, 6.45) is -6.09. The standard InChI is InChI=1S/C29H23Br2F7IN5O9P2/c30-19-5-12(1-3-17(19)27(32,33)54(48,49)50)7-21(23(40)45)41-25(47)22(8-13-2-4-18(20(31)6-13)28(34,35)55(51,52)53)42-24(46)14-9-15(11-16(39)10-14)26(43-44-26)29(36,37)38/h1-6,9-11,21-22H,7-8H2,(H2,40,45)(H,41,47)(H,42,46)(H2,48,49,50)(H2,51,52,53)/t21-,22-/m0/s1/i39-2. The molecule has 3 aromatic rings. The second kappa shape index (κ2) is 15.8. The van der Waals surface area contributed by atoms with Crippen LogP contribution in [-0.4, -0.2) is 55.6 Å². The summed E-state index contributed by atoms with van der Waals surface area (Å²) in [5.41, 5.74) is -9.93. The van der Waals surface area contributed by atoms with Gasteiger partial charge in [-0.1, -0.05) is 56.1 Å². The van der Waals surface area contributed by atoms with Crippen LogP contribution in [-0.2, 0) is 48.6 Å². The van der Waals surface area contributed by atoms with Crippen LogP contribution < -0.4 is 16.4 Å². The molecule has 26 heteroatoms. The largest absolute Gasteiger partial charge is 0.442 e. The van der Waals surface area contributed by atoms with Gasteiger partial charge >= 0.3 is 38.4 Å². The number of amides is 3. The van der Waals surface area contributed by atoms with E-state index >= 15 is 0 Å². The molecule has 14 nitrogen and oxygen atoms in total. The highest BCUT2D eigenvalue weighted by atomic mass is 125. The molecule has 3 amide bonds. The van der Waals surface area contributed by atoms with Crippen molar-refractivity contribution >= 4 is 87.4 Å². The van der Waals surface area contributed by atoms with Crippen LogP contribution in [0.1, 0.15) is 38.2 Å². The molecule has 55 heavy (non-hydrogen) atoms. The summed E-state index contributed by atoms with van der Waals surface area (Å²) in [4.78, 5) is 76.1. The number of alkyl halides is 7. The van der Waals surface area contributed by atoms with Gasteiger partial charge in [0.2, 0.25) is 11.8 Å². The summed E-state index contributed by atoms with van der Waals surface area (Å²) < 4.78 is 121. The van der Waals surface area contributed by atoms with Gasteiger partial charge in [0, 0.05) is 47.6 Å². The van der Waals surface area contributed by atoms with Crippen LogP contribution in [0.25, 0.3) is 0 Å². The normalized spacial score (nSPS) is 15.6. The number of nitrogens with zero attached hydrogens (tertiary/aromatic N) is 2. The van der Waals surface area contributed by atoms with Crippen molar-refractivity contribution in [2.75, 3.05) is 0 Å². The molecule has 298 valence electrons. The molecule has 0 aliphatic carbocycles. The van der Waals surface area contributed by atoms with Gasteiger partial charge in [-0.05, 0) is 64.0 Å². The average Bonchev–Trinajstić information content (AvgIpc) is 3.85. The van der Waals surface area contributed by atoms with Crippen LogP contribution in [0.15, 0.2) is 73.8 Å². The number of nitrogens with two attached hydrogens (primary N) is 1. The molecular weight excluding hydrogens is 1040 g/mol. The fraction of sp³-hybridized carbons (Fsp3) is 0.276. The minimum absolute atomic E-state index is 0.0215. The fourth-order valence-corrected chi connectivity index (χ4v) is 8.30. The highest BCUT2D eigenvalue weighted by Crippen LogP contribution is 2.61. The van der Waals surface area contributed by atoms with Gasteiger partial charge in [-0.3, -0.25) is 23.5 Å². The van der Waals surface area contributed by atoms with Crippen molar-refractivity contribution < 1.29 is 73.8 Å². The van der Waals surface area contributed by atoms with Gasteiger partial charge < -0.3 is 35.9 Å². The zero-order valence-corrected chi connectivity index (χ0v) is 33.9. The highest BCUT2D eigenvalue weighted by Gasteiger charge is 2.65. The number of halogens is 10. The molecule has 0 unspecified atom stereocenters. The molecule has 2 atom stereocenters. The number of nitrogens with one attached hydrogen (secondary N) is 2. The lowest BCUT2D eigenvalue weighted by molar-refractivity contribution is -0.166. The van der Waals surface area contributed by atoms with Crippen molar-refractivity contribution in [3.05, 3.63) is 100 Å². The molecule has 0 radical (unpaired) electrons. The summed E-state index contributed by atoms with van der Waals surface area (Å²) in [5, 5.41) is 10.7. The van der Waals surface area contributed by atoms with Crippen molar-refractivity contribution in [1.82, 2.24) is 10.6 Å². The van der Waals surface area contributed by atoms with Crippen molar-refractivity contribution in [2.24, 2.45) is 16.0 Å². The summed E-state index contributed by atoms with van der Waals surface area (Å²) in [6.45, 7) is 0. The van der Waals surface area contributed by atoms with E-state index in [4.69, 9.17) is 25.3 Å². The van der Waals surface area contributed by atoms with E-state index in [1.807, 2.05) is 0 Å².